The first-order valence-electron chi connectivity index (χ1n) is 5.46. The van der Waals surface area contributed by atoms with Gasteiger partial charge in [0.05, 0.1) is 6.61 Å². The van der Waals surface area contributed by atoms with Crippen LogP contribution in [0.1, 0.15) is 12.6 Å². The van der Waals surface area contributed by atoms with E-state index in [1.165, 1.54) is 0 Å². The summed E-state index contributed by atoms with van der Waals surface area (Å²) in [6.45, 7) is 4.62. The van der Waals surface area contributed by atoms with Gasteiger partial charge in [-0.1, -0.05) is 0 Å². The number of methoxy groups -OCH3 is 1. The third kappa shape index (κ3) is 4.78. The molecule has 0 radical (unpaired) electrons. The van der Waals surface area contributed by atoms with Crippen LogP contribution < -0.4 is 10.6 Å². The topological polar surface area (TPSA) is 76.1 Å². The number of carbonyl (C=O) groups is 1. The number of rotatable bonds is 6. The summed E-state index contributed by atoms with van der Waals surface area (Å²) < 4.78 is 4.85. The van der Waals surface area contributed by atoms with E-state index in [9.17, 15) is 4.79 Å². The molecule has 17 heavy (non-hydrogen) atoms. The average molecular weight is 238 g/mol. The Kier molecular flexibility index (Phi) is 5.35. The van der Waals surface area contributed by atoms with Crippen molar-refractivity contribution in [3.63, 3.8) is 0 Å². The highest BCUT2D eigenvalue weighted by molar-refractivity contribution is 5.83. The molecule has 0 fully saturated rings. The van der Waals surface area contributed by atoms with Crippen molar-refractivity contribution in [2.45, 2.75) is 19.9 Å². The Morgan fingerprint density at radius 1 is 1.59 bits per heavy atom. The van der Waals surface area contributed by atoms with Gasteiger partial charge < -0.3 is 15.4 Å². The number of nitrogens with one attached hydrogen (secondary N) is 2. The van der Waals surface area contributed by atoms with Gasteiger partial charge in [-0.2, -0.15) is 0 Å². The van der Waals surface area contributed by atoms with Gasteiger partial charge in [0.1, 0.15) is 6.04 Å². The van der Waals surface area contributed by atoms with Gasteiger partial charge in [0.2, 0.25) is 11.9 Å². The molecule has 0 saturated carbocycles. The standard InChI is InChI=1S/C11H18N4O2/c1-8-4-5-13-11(14-8)15-9(2)10(16)12-6-7-17-3/h4-5,9H,6-7H2,1-3H3,(H,12,16)(H,13,14,15). The molecule has 1 rings (SSSR count). The molecule has 1 amide bonds. The van der Waals surface area contributed by atoms with Crippen LogP contribution in [-0.4, -0.2) is 42.2 Å². The molecule has 0 spiro atoms. The first-order valence-corrected chi connectivity index (χ1v) is 5.46. The SMILES string of the molecule is COCCNC(=O)C(C)Nc1nccc(C)n1. The second kappa shape index (κ2) is 6.80. The quantitative estimate of drug-likeness (QED) is 0.699. The fourth-order valence-corrected chi connectivity index (χ4v) is 1.21. The molecular formula is C11H18N4O2. The zero-order chi connectivity index (χ0) is 12.7. The number of hydrogen-bond donors (Lipinski definition) is 2. The lowest BCUT2D eigenvalue weighted by molar-refractivity contribution is -0.121. The Balaban J connectivity index is 2.43. The molecule has 0 bridgehead atoms. The molecule has 0 aliphatic heterocycles. The summed E-state index contributed by atoms with van der Waals surface area (Å²) in [6, 6.07) is 1.42. The number of ether oxygens (including phenoxy) is 1. The Labute approximate surface area is 101 Å². The fourth-order valence-electron chi connectivity index (χ4n) is 1.21. The molecule has 6 nitrogen and oxygen atoms in total. The monoisotopic (exact) mass is 238 g/mol. The van der Waals surface area contributed by atoms with Gasteiger partial charge in [0.25, 0.3) is 0 Å². The zero-order valence-corrected chi connectivity index (χ0v) is 10.4. The van der Waals surface area contributed by atoms with Gasteiger partial charge >= 0.3 is 0 Å². The number of carbonyl (C=O) groups excluding carboxylic acids is 1. The molecule has 94 valence electrons. The van der Waals surface area contributed by atoms with Gasteiger partial charge in [-0.3, -0.25) is 4.79 Å². The van der Waals surface area contributed by atoms with Crippen molar-refractivity contribution in [3.8, 4) is 0 Å². The summed E-state index contributed by atoms with van der Waals surface area (Å²) in [6.07, 6.45) is 1.65. The molecule has 0 aliphatic rings. The normalized spacial score (nSPS) is 11.9. The number of anilines is 1. The van der Waals surface area contributed by atoms with Gasteiger partial charge in [-0.15, -0.1) is 0 Å². The van der Waals surface area contributed by atoms with E-state index in [0.717, 1.165) is 5.69 Å². The summed E-state index contributed by atoms with van der Waals surface area (Å²) in [5, 5.41) is 5.67. The highest BCUT2D eigenvalue weighted by Gasteiger charge is 2.12. The Hall–Kier alpha value is -1.69. The molecule has 6 heteroatoms. The van der Waals surface area contributed by atoms with Crippen LogP contribution in [0.2, 0.25) is 0 Å². The van der Waals surface area contributed by atoms with Gasteiger partial charge in [0, 0.05) is 25.5 Å². The van der Waals surface area contributed by atoms with E-state index in [0.29, 0.717) is 19.1 Å². The van der Waals surface area contributed by atoms with Crippen molar-refractivity contribution in [3.05, 3.63) is 18.0 Å². The maximum absolute atomic E-state index is 11.6. The van der Waals surface area contributed by atoms with Crippen molar-refractivity contribution in [2.24, 2.45) is 0 Å². The largest absolute Gasteiger partial charge is 0.383 e. The van der Waals surface area contributed by atoms with E-state index >= 15 is 0 Å². The van der Waals surface area contributed by atoms with E-state index < -0.39 is 0 Å². The minimum absolute atomic E-state index is 0.104. The van der Waals surface area contributed by atoms with Crippen LogP contribution in [0.5, 0.6) is 0 Å². The van der Waals surface area contributed by atoms with E-state index in [1.54, 1.807) is 26.3 Å². The minimum atomic E-state index is -0.381. The second-order valence-electron chi connectivity index (χ2n) is 3.67. The Bertz CT molecular complexity index is 370. The maximum atomic E-state index is 11.6. The molecule has 1 aromatic rings. The van der Waals surface area contributed by atoms with Crippen LogP contribution in [0, 0.1) is 6.92 Å². The Morgan fingerprint density at radius 3 is 3.00 bits per heavy atom. The summed E-state index contributed by atoms with van der Waals surface area (Å²) in [4.78, 5) is 19.8. The van der Waals surface area contributed by atoms with Crippen LogP contribution >= 0.6 is 0 Å². The number of aryl methyl sites for hydroxylation is 1. The molecule has 1 atom stereocenters. The number of aromatic nitrogens is 2. The third-order valence-electron chi connectivity index (χ3n) is 2.14. The highest BCUT2D eigenvalue weighted by Crippen LogP contribution is 2.01. The van der Waals surface area contributed by atoms with E-state index in [1.807, 2.05) is 6.92 Å². The van der Waals surface area contributed by atoms with Crippen molar-refractivity contribution in [2.75, 3.05) is 25.6 Å². The van der Waals surface area contributed by atoms with Crippen molar-refractivity contribution < 1.29 is 9.53 Å². The molecule has 1 unspecified atom stereocenters. The third-order valence-corrected chi connectivity index (χ3v) is 2.14. The van der Waals surface area contributed by atoms with Crippen molar-refractivity contribution in [1.82, 2.24) is 15.3 Å². The predicted molar refractivity (Wildman–Crippen MR) is 64.7 cm³/mol. The van der Waals surface area contributed by atoms with Crippen molar-refractivity contribution >= 4 is 11.9 Å². The highest BCUT2D eigenvalue weighted by atomic mass is 16.5. The zero-order valence-electron chi connectivity index (χ0n) is 10.4. The van der Waals surface area contributed by atoms with Crippen molar-refractivity contribution in [1.29, 1.82) is 0 Å². The van der Waals surface area contributed by atoms with E-state index in [4.69, 9.17) is 4.74 Å². The van der Waals surface area contributed by atoms with Gasteiger partial charge in [0.15, 0.2) is 0 Å². The lowest BCUT2D eigenvalue weighted by atomic mass is 10.3. The summed E-state index contributed by atoms with van der Waals surface area (Å²) >= 11 is 0. The summed E-state index contributed by atoms with van der Waals surface area (Å²) in [5.74, 6) is 0.353. The molecule has 1 aromatic heterocycles. The first kappa shape index (κ1) is 13.4. The molecule has 0 aromatic carbocycles. The van der Waals surface area contributed by atoms with E-state index in [2.05, 4.69) is 20.6 Å². The van der Waals surface area contributed by atoms with Gasteiger partial charge in [-0.05, 0) is 19.9 Å². The molecule has 1 heterocycles. The number of hydrogen-bond acceptors (Lipinski definition) is 5. The van der Waals surface area contributed by atoms with Crippen LogP contribution in [0.4, 0.5) is 5.95 Å². The minimum Gasteiger partial charge on any atom is -0.383 e. The van der Waals surface area contributed by atoms with Gasteiger partial charge in [-0.25, -0.2) is 9.97 Å². The van der Waals surface area contributed by atoms with Crippen LogP contribution in [-0.2, 0) is 9.53 Å². The molecule has 0 saturated heterocycles. The lowest BCUT2D eigenvalue weighted by Crippen LogP contribution is -2.39. The summed E-state index contributed by atoms with van der Waals surface area (Å²) in [5.41, 5.74) is 0.856. The second-order valence-corrected chi connectivity index (χ2v) is 3.67. The number of amides is 1. The Morgan fingerprint density at radius 2 is 2.35 bits per heavy atom. The van der Waals surface area contributed by atoms with Crippen LogP contribution in [0.15, 0.2) is 12.3 Å². The molecule has 0 aliphatic carbocycles. The smallest absolute Gasteiger partial charge is 0.242 e. The fraction of sp³-hybridized carbons (Fsp3) is 0.545. The lowest BCUT2D eigenvalue weighted by Gasteiger charge is -2.13. The predicted octanol–water partition coefficient (Wildman–Crippen LogP) is 0.348. The maximum Gasteiger partial charge on any atom is 0.242 e. The van der Waals surface area contributed by atoms with E-state index in [-0.39, 0.29) is 11.9 Å². The molecule has 2 N–H and O–H groups in total. The summed E-state index contributed by atoms with van der Waals surface area (Å²) in [7, 11) is 1.59. The molecular weight excluding hydrogens is 220 g/mol. The first-order chi connectivity index (χ1) is 8.13. The van der Waals surface area contributed by atoms with Crippen LogP contribution in [0.3, 0.4) is 0 Å². The number of nitrogens with zero attached hydrogens (tertiary/aromatic N) is 2. The average Bonchev–Trinajstić information content (AvgIpc) is 2.29. The van der Waals surface area contributed by atoms with Crippen LogP contribution in [0.25, 0.3) is 0 Å².